The van der Waals surface area contributed by atoms with Crippen LogP contribution < -0.4 is 8.96 Å². The molecule has 2 heteroatoms. The van der Waals surface area contributed by atoms with Crippen molar-refractivity contribution in [1.82, 2.24) is 0 Å². The van der Waals surface area contributed by atoms with E-state index in [0.717, 1.165) is 0 Å². The molecule has 0 aliphatic rings. The third-order valence-corrected chi connectivity index (χ3v) is 8.68. The van der Waals surface area contributed by atoms with Crippen molar-refractivity contribution in [2.45, 2.75) is 50.4 Å². The molecule has 0 spiro atoms. The average molecular weight is 357 g/mol. The van der Waals surface area contributed by atoms with Crippen LogP contribution in [0.2, 0.25) is 17.3 Å². The van der Waals surface area contributed by atoms with Crippen LogP contribution in [0.25, 0.3) is 11.3 Å². The third-order valence-electron chi connectivity index (χ3n) is 4.40. The molecule has 0 radical (unpaired) electrons. The Bertz CT molecular complexity index is 626. The molecule has 2 rings (SSSR count). The fourth-order valence-corrected chi connectivity index (χ4v) is 5.07. The van der Waals surface area contributed by atoms with Crippen molar-refractivity contribution in [2.24, 2.45) is 7.05 Å². The van der Waals surface area contributed by atoms with Crippen molar-refractivity contribution in [3.8, 4) is 11.3 Å². The standard InChI is InChI=1S/C20H30GeN/c1-15-9-10-16(20(2,3)4)13-18(15)19-14-17(21(5,6)7)11-12-22(19)8/h9-14H,1-8H3/q+1. The van der Waals surface area contributed by atoms with Crippen molar-refractivity contribution < 1.29 is 4.57 Å². The van der Waals surface area contributed by atoms with Gasteiger partial charge in [-0.05, 0) is 0 Å². The van der Waals surface area contributed by atoms with E-state index in [1.165, 1.54) is 22.4 Å². The number of benzene rings is 1. The normalized spacial score (nSPS) is 12.5. The van der Waals surface area contributed by atoms with E-state index in [4.69, 9.17) is 0 Å². The molecule has 0 atom stereocenters. The molecule has 0 aliphatic carbocycles. The van der Waals surface area contributed by atoms with Crippen molar-refractivity contribution in [3.63, 3.8) is 0 Å². The first kappa shape index (κ1) is 17.3. The van der Waals surface area contributed by atoms with Gasteiger partial charge >= 0.3 is 139 Å². The Morgan fingerprint density at radius 3 is 2.14 bits per heavy atom. The van der Waals surface area contributed by atoms with E-state index in [9.17, 15) is 0 Å². The Morgan fingerprint density at radius 1 is 0.955 bits per heavy atom. The summed E-state index contributed by atoms with van der Waals surface area (Å²) in [5.41, 5.74) is 5.63. The van der Waals surface area contributed by atoms with Gasteiger partial charge in [0.05, 0.1) is 0 Å². The molecule has 0 N–H and O–H groups in total. The van der Waals surface area contributed by atoms with Gasteiger partial charge in [0.25, 0.3) is 0 Å². The summed E-state index contributed by atoms with van der Waals surface area (Å²) in [6.07, 6.45) is 2.23. The number of aryl methyl sites for hydroxylation is 2. The number of pyridine rings is 1. The minimum atomic E-state index is -1.81. The quantitative estimate of drug-likeness (QED) is 0.557. The predicted molar refractivity (Wildman–Crippen MR) is 99.5 cm³/mol. The van der Waals surface area contributed by atoms with E-state index >= 15 is 0 Å². The minimum absolute atomic E-state index is 0.181. The maximum absolute atomic E-state index is 2.46. The molecule has 1 aromatic carbocycles. The summed E-state index contributed by atoms with van der Waals surface area (Å²) in [5.74, 6) is 7.37. The third kappa shape index (κ3) is 3.63. The predicted octanol–water partition coefficient (Wildman–Crippen LogP) is 4.33. The van der Waals surface area contributed by atoms with Crippen LogP contribution in [0.5, 0.6) is 0 Å². The van der Waals surface area contributed by atoms with Crippen LogP contribution in [-0.4, -0.2) is 13.3 Å². The van der Waals surface area contributed by atoms with E-state index < -0.39 is 13.3 Å². The summed E-state index contributed by atoms with van der Waals surface area (Å²) >= 11 is -1.81. The molecule has 118 valence electrons. The Hall–Kier alpha value is -1.09. The van der Waals surface area contributed by atoms with Gasteiger partial charge in [0, 0.05) is 0 Å². The Balaban J connectivity index is 2.66. The molecular formula is C20H30GeN+. The molecule has 0 aliphatic heterocycles. The van der Waals surface area contributed by atoms with Crippen LogP contribution in [0.4, 0.5) is 0 Å². The zero-order valence-corrected chi connectivity index (χ0v) is 17.5. The summed E-state index contributed by atoms with van der Waals surface area (Å²) in [6.45, 7) is 9.06. The molecule has 2 aromatic rings. The second kappa shape index (κ2) is 5.84. The SMILES string of the molecule is Cc1ccc(C(C)(C)C)cc1-c1c[c]([Ge]([CH3])([CH3])[CH3])cc[n+]1C. The number of rotatable bonds is 2. The Labute approximate surface area is 138 Å². The summed E-state index contributed by atoms with van der Waals surface area (Å²) in [7, 11) is 2.15. The van der Waals surface area contributed by atoms with Gasteiger partial charge in [0.15, 0.2) is 0 Å². The van der Waals surface area contributed by atoms with Crippen LogP contribution >= 0.6 is 0 Å². The van der Waals surface area contributed by atoms with Crippen molar-refractivity contribution in [1.29, 1.82) is 0 Å². The number of hydrogen-bond donors (Lipinski definition) is 0. The van der Waals surface area contributed by atoms with Crippen LogP contribution in [0.3, 0.4) is 0 Å². The first-order valence-corrected chi connectivity index (χ1v) is 15.5. The van der Waals surface area contributed by atoms with Gasteiger partial charge in [0.2, 0.25) is 0 Å². The summed E-state index contributed by atoms with van der Waals surface area (Å²) < 4.78 is 3.82. The molecule has 1 aromatic heterocycles. The Kier molecular flexibility index (Phi) is 4.59. The Morgan fingerprint density at radius 2 is 1.59 bits per heavy atom. The van der Waals surface area contributed by atoms with E-state index in [2.05, 4.69) is 93.1 Å². The zero-order chi connectivity index (χ0) is 16.7. The van der Waals surface area contributed by atoms with Gasteiger partial charge in [-0.25, -0.2) is 0 Å². The van der Waals surface area contributed by atoms with E-state index in [1.54, 1.807) is 4.40 Å². The van der Waals surface area contributed by atoms with Gasteiger partial charge in [0.1, 0.15) is 0 Å². The zero-order valence-electron chi connectivity index (χ0n) is 15.4. The first-order valence-electron chi connectivity index (χ1n) is 8.12. The molecule has 0 unspecified atom stereocenters. The molecule has 0 saturated carbocycles. The molecule has 0 saturated heterocycles. The summed E-state index contributed by atoms with van der Waals surface area (Å²) in [6, 6.07) is 11.6. The van der Waals surface area contributed by atoms with Gasteiger partial charge in [-0.1, -0.05) is 0 Å². The molecular weight excluding hydrogens is 327 g/mol. The number of nitrogens with zero attached hydrogens (tertiary/aromatic N) is 1. The topological polar surface area (TPSA) is 3.88 Å². The van der Waals surface area contributed by atoms with Crippen molar-refractivity contribution >= 4 is 17.7 Å². The second-order valence-electron chi connectivity index (χ2n) is 8.44. The van der Waals surface area contributed by atoms with Crippen LogP contribution in [0, 0.1) is 6.92 Å². The van der Waals surface area contributed by atoms with Crippen molar-refractivity contribution in [3.05, 3.63) is 47.7 Å². The molecule has 0 bridgehead atoms. The first-order chi connectivity index (χ1) is 10.00. The number of hydrogen-bond acceptors (Lipinski definition) is 0. The molecule has 0 amide bonds. The van der Waals surface area contributed by atoms with E-state index in [0.29, 0.717) is 0 Å². The second-order valence-corrected chi connectivity index (χ2v) is 19.1. The monoisotopic (exact) mass is 358 g/mol. The molecule has 1 nitrogen and oxygen atoms in total. The summed E-state index contributed by atoms with van der Waals surface area (Å²) in [4.78, 5) is 0. The average Bonchev–Trinajstić information content (AvgIpc) is 2.37. The molecule has 1 heterocycles. The maximum atomic E-state index is 2.46. The van der Waals surface area contributed by atoms with Crippen LogP contribution in [0.15, 0.2) is 36.5 Å². The summed E-state index contributed by atoms with van der Waals surface area (Å²) in [5, 5.41) is 0. The van der Waals surface area contributed by atoms with Crippen molar-refractivity contribution in [2.75, 3.05) is 0 Å². The fraction of sp³-hybridized carbons (Fsp3) is 0.450. The van der Waals surface area contributed by atoms with E-state index in [1.807, 2.05) is 0 Å². The molecule has 22 heavy (non-hydrogen) atoms. The van der Waals surface area contributed by atoms with Crippen LogP contribution in [0.1, 0.15) is 31.9 Å². The van der Waals surface area contributed by atoms with Gasteiger partial charge < -0.3 is 0 Å². The fourth-order valence-electron chi connectivity index (χ4n) is 2.67. The van der Waals surface area contributed by atoms with Gasteiger partial charge in [-0.15, -0.1) is 0 Å². The van der Waals surface area contributed by atoms with Gasteiger partial charge in [-0.3, -0.25) is 0 Å². The molecule has 0 fully saturated rings. The van der Waals surface area contributed by atoms with Gasteiger partial charge in [-0.2, -0.15) is 0 Å². The van der Waals surface area contributed by atoms with Crippen LogP contribution in [-0.2, 0) is 12.5 Å². The van der Waals surface area contributed by atoms with E-state index in [-0.39, 0.29) is 5.41 Å². The number of aromatic nitrogens is 1.